The van der Waals surface area contributed by atoms with E-state index in [1.807, 2.05) is 74.2 Å². The van der Waals surface area contributed by atoms with Gasteiger partial charge in [-0.2, -0.15) is 0 Å². The van der Waals surface area contributed by atoms with Gasteiger partial charge in [0.15, 0.2) is 0 Å². The molecule has 1 saturated heterocycles. The van der Waals surface area contributed by atoms with Gasteiger partial charge in [-0.05, 0) is 51.0 Å². The van der Waals surface area contributed by atoms with Crippen LogP contribution in [0.4, 0.5) is 4.79 Å². The Hall–Kier alpha value is -3.65. The van der Waals surface area contributed by atoms with E-state index in [0.717, 1.165) is 16.7 Å². The van der Waals surface area contributed by atoms with Crippen molar-refractivity contribution < 1.29 is 19.1 Å². The highest BCUT2D eigenvalue weighted by Crippen LogP contribution is 2.33. The summed E-state index contributed by atoms with van der Waals surface area (Å²) in [6, 6.07) is 14.4. The minimum absolute atomic E-state index is 0.0170. The first-order chi connectivity index (χ1) is 17.7. The maximum absolute atomic E-state index is 13.3. The Morgan fingerprint density at radius 2 is 1.81 bits per heavy atom. The van der Waals surface area contributed by atoms with E-state index in [4.69, 9.17) is 4.74 Å². The van der Waals surface area contributed by atoms with Crippen molar-refractivity contribution in [1.82, 2.24) is 20.0 Å². The van der Waals surface area contributed by atoms with Crippen LogP contribution in [0, 0.1) is 13.8 Å². The third-order valence-electron chi connectivity index (χ3n) is 7.18. The van der Waals surface area contributed by atoms with Crippen LogP contribution >= 0.6 is 0 Å². The molecule has 1 N–H and O–H groups in total. The number of piperazine rings is 1. The number of likely N-dealkylation sites (N-methyl/N-ethyl adjacent to an activating group) is 1. The number of benzene rings is 2. The largest absolute Gasteiger partial charge is 0.463 e. The molecule has 0 aromatic heterocycles. The maximum atomic E-state index is 13.3. The number of nitrogens with one attached hydrogen (secondary N) is 1. The predicted molar refractivity (Wildman–Crippen MR) is 142 cm³/mol. The van der Waals surface area contributed by atoms with Gasteiger partial charge in [0, 0.05) is 50.5 Å². The van der Waals surface area contributed by atoms with E-state index in [9.17, 15) is 14.4 Å². The molecule has 4 rings (SSSR count). The van der Waals surface area contributed by atoms with Crippen molar-refractivity contribution in [2.75, 3.05) is 39.8 Å². The molecule has 2 heterocycles. The fourth-order valence-corrected chi connectivity index (χ4v) is 5.14. The van der Waals surface area contributed by atoms with Gasteiger partial charge < -0.3 is 15.0 Å². The Labute approximate surface area is 218 Å². The van der Waals surface area contributed by atoms with E-state index >= 15 is 0 Å². The maximum Gasteiger partial charge on any atom is 0.338 e. The Kier molecular flexibility index (Phi) is 7.97. The average molecular weight is 505 g/mol. The van der Waals surface area contributed by atoms with Crippen molar-refractivity contribution in [2.45, 2.75) is 39.8 Å². The summed E-state index contributed by atoms with van der Waals surface area (Å²) in [6.45, 7) is 10.2. The highest BCUT2D eigenvalue weighted by atomic mass is 16.5. The highest BCUT2D eigenvalue weighted by molar-refractivity contribution is 5.95. The molecule has 3 amide bonds. The lowest BCUT2D eigenvalue weighted by Crippen LogP contribution is -2.56. The lowest BCUT2D eigenvalue weighted by Gasteiger charge is -2.42. The Balaban J connectivity index is 1.63. The summed E-state index contributed by atoms with van der Waals surface area (Å²) in [6.07, 6.45) is 0. The Morgan fingerprint density at radius 1 is 1.08 bits per heavy atom. The van der Waals surface area contributed by atoms with Crippen LogP contribution in [0.25, 0.3) is 0 Å². The third-order valence-corrected chi connectivity index (χ3v) is 7.18. The van der Waals surface area contributed by atoms with Gasteiger partial charge in [-0.3, -0.25) is 14.6 Å². The number of amides is 3. The monoisotopic (exact) mass is 504 g/mol. The zero-order valence-corrected chi connectivity index (χ0v) is 22.3. The second-order valence-corrected chi connectivity index (χ2v) is 9.83. The number of rotatable bonds is 6. The van der Waals surface area contributed by atoms with Gasteiger partial charge in [0.2, 0.25) is 0 Å². The summed E-state index contributed by atoms with van der Waals surface area (Å²) in [4.78, 5) is 45.0. The molecule has 2 aliphatic rings. The highest BCUT2D eigenvalue weighted by Gasteiger charge is 2.39. The molecular weight excluding hydrogens is 468 g/mol. The van der Waals surface area contributed by atoms with Crippen LogP contribution in [0.15, 0.2) is 59.8 Å². The first-order valence-electron chi connectivity index (χ1n) is 12.8. The molecule has 2 aromatic rings. The van der Waals surface area contributed by atoms with Crippen LogP contribution in [0.2, 0.25) is 0 Å². The number of carbonyl (C=O) groups is 3. The van der Waals surface area contributed by atoms with E-state index in [-0.39, 0.29) is 24.6 Å². The van der Waals surface area contributed by atoms with Gasteiger partial charge in [-0.1, -0.05) is 42.0 Å². The van der Waals surface area contributed by atoms with Gasteiger partial charge in [0.05, 0.1) is 18.2 Å². The number of urea groups is 1. The molecule has 0 aliphatic carbocycles. The number of esters is 1. The van der Waals surface area contributed by atoms with Crippen molar-refractivity contribution in [3.63, 3.8) is 0 Å². The first kappa shape index (κ1) is 26.4. The molecule has 0 saturated carbocycles. The first-order valence-corrected chi connectivity index (χ1v) is 12.8. The minimum Gasteiger partial charge on any atom is -0.463 e. The number of nitrogens with zero attached hydrogens (tertiary/aromatic N) is 3. The summed E-state index contributed by atoms with van der Waals surface area (Å²) in [5.41, 5.74) is 4.68. The molecule has 0 radical (unpaired) electrons. The fourth-order valence-electron chi connectivity index (χ4n) is 5.14. The average Bonchev–Trinajstić information content (AvgIpc) is 2.88. The van der Waals surface area contributed by atoms with Gasteiger partial charge in [0.25, 0.3) is 5.91 Å². The molecule has 2 aromatic carbocycles. The summed E-state index contributed by atoms with van der Waals surface area (Å²) in [5.74, 6) is -0.412. The van der Waals surface area contributed by atoms with Gasteiger partial charge in [-0.25, -0.2) is 9.59 Å². The summed E-state index contributed by atoms with van der Waals surface area (Å²) in [7, 11) is 1.68. The molecule has 2 atom stereocenters. The number of carbonyl (C=O) groups excluding carboxylic acids is 3. The van der Waals surface area contributed by atoms with E-state index < -0.39 is 12.0 Å². The summed E-state index contributed by atoms with van der Waals surface area (Å²) in [5, 5.41) is 3.01. The van der Waals surface area contributed by atoms with Crippen LogP contribution in [-0.2, 0) is 9.53 Å². The van der Waals surface area contributed by atoms with Gasteiger partial charge in [-0.15, -0.1) is 0 Å². The standard InChI is InChI=1S/C29H36N4O4/c1-6-37-28(35)25-24(31(5)29(36)30-26(25)23-16-19(2)12-13-20(23)3)18-32-14-15-33(21(4)17-32)27(34)22-10-8-7-9-11-22/h7-13,16,21,26H,6,14-15,17-18H2,1-5H3,(H,30,36)/t21-,26-/m1/s1. The molecule has 0 spiro atoms. The lowest BCUT2D eigenvalue weighted by molar-refractivity contribution is -0.139. The summed E-state index contributed by atoms with van der Waals surface area (Å²) >= 11 is 0. The molecule has 0 bridgehead atoms. The second-order valence-electron chi connectivity index (χ2n) is 9.83. The number of hydrogen-bond acceptors (Lipinski definition) is 5. The van der Waals surface area contributed by atoms with E-state index in [2.05, 4.69) is 10.2 Å². The quantitative estimate of drug-likeness (QED) is 0.607. The number of hydrogen-bond donors (Lipinski definition) is 1. The van der Waals surface area contributed by atoms with E-state index in [1.165, 1.54) is 4.90 Å². The van der Waals surface area contributed by atoms with Crippen LogP contribution in [0.3, 0.4) is 0 Å². The Morgan fingerprint density at radius 3 is 2.49 bits per heavy atom. The topological polar surface area (TPSA) is 82.2 Å². The number of ether oxygens (including phenoxy) is 1. The molecule has 2 aliphatic heterocycles. The smallest absolute Gasteiger partial charge is 0.338 e. The molecule has 8 heteroatoms. The SMILES string of the molecule is CCOC(=O)C1=C(CN2CCN(C(=O)c3ccccc3)[C@H](C)C2)N(C)C(=O)N[C@@H]1c1cc(C)ccc1C. The summed E-state index contributed by atoms with van der Waals surface area (Å²) < 4.78 is 5.48. The van der Waals surface area contributed by atoms with Crippen LogP contribution in [0.5, 0.6) is 0 Å². The number of aryl methyl sites for hydroxylation is 2. The van der Waals surface area contributed by atoms with E-state index in [1.54, 1.807) is 14.0 Å². The van der Waals surface area contributed by atoms with Crippen molar-refractivity contribution in [3.05, 3.63) is 82.1 Å². The molecule has 1 fully saturated rings. The molecular formula is C29H36N4O4. The molecule has 37 heavy (non-hydrogen) atoms. The normalized spacial score (nSPS) is 20.6. The Bertz CT molecular complexity index is 1210. The molecule has 0 unspecified atom stereocenters. The van der Waals surface area contributed by atoms with Crippen molar-refractivity contribution in [1.29, 1.82) is 0 Å². The van der Waals surface area contributed by atoms with Crippen molar-refractivity contribution >= 4 is 17.9 Å². The fraction of sp³-hybridized carbons (Fsp3) is 0.414. The predicted octanol–water partition coefficient (Wildman–Crippen LogP) is 3.66. The van der Waals surface area contributed by atoms with Crippen molar-refractivity contribution in [2.24, 2.45) is 0 Å². The molecule has 196 valence electrons. The third kappa shape index (κ3) is 5.54. The van der Waals surface area contributed by atoms with Crippen LogP contribution in [0.1, 0.15) is 46.9 Å². The zero-order valence-electron chi connectivity index (χ0n) is 22.3. The minimum atomic E-state index is -0.601. The van der Waals surface area contributed by atoms with Crippen LogP contribution in [-0.4, -0.2) is 78.5 Å². The van der Waals surface area contributed by atoms with Gasteiger partial charge in [0.1, 0.15) is 0 Å². The van der Waals surface area contributed by atoms with E-state index in [0.29, 0.717) is 43.0 Å². The van der Waals surface area contributed by atoms with Gasteiger partial charge >= 0.3 is 12.0 Å². The molecule has 8 nitrogen and oxygen atoms in total. The second kappa shape index (κ2) is 11.2. The zero-order chi connectivity index (χ0) is 26.7. The van der Waals surface area contributed by atoms with Crippen LogP contribution < -0.4 is 5.32 Å². The lowest BCUT2D eigenvalue weighted by atomic mass is 9.90. The van der Waals surface area contributed by atoms with Crippen molar-refractivity contribution in [3.8, 4) is 0 Å².